The van der Waals surface area contributed by atoms with Crippen molar-refractivity contribution in [2.24, 2.45) is 0 Å². The zero-order chi connectivity index (χ0) is 19.6. The van der Waals surface area contributed by atoms with E-state index in [-0.39, 0.29) is 12.0 Å². The van der Waals surface area contributed by atoms with Gasteiger partial charge in [0, 0.05) is 18.4 Å². The zero-order valence-corrected chi connectivity index (χ0v) is 16.3. The van der Waals surface area contributed by atoms with Crippen molar-refractivity contribution in [3.05, 3.63) is 52.8 Å². The first-order valence-corrected chi connectivity index (χ1v) is 9.17. The minimum absolute atomic E-state index is 0.265. The number of nitrogens with zero attached hydrogens (tertiary/aromatic N) is 2. The average molecular weight is 388 g/mol. The first-order valence-electron chi connectivity index (χ1n) is 8.79. The highest BCUT2D eigenvalue weighted by atomic mass is 35.5. The molecule has 1 aromatic carbocycles. The van der Waals surface area contributed by atoms with Gasteiger partial charge >= 0.3 is 6.09 Å². The molecule has 0 radical (unpaired) electrons. The normalized spacial score (nSPS) is 13.7. The number of aromatic nitrogens is 1. The molecule has 0 aliphatic carbocycles. The molecule has 7 heteroatoms. The molecule has 1 aliphatic heterocycles. The molecule has 2 aromatic rings. The Bertz CT molecular complexity index is 860. The summed E-state index contributed by atoms with van der Waals surface area (Å²) in [5, 5.41) is 3.19. The van der Waals surface area contributed by atoms with Gasteiger partial charge in [-0.1, -0.05) is 11.6 Å². The second-order valence-corrected chi connectivity index (χ2v) is 7.79. The number of hydrogen-bond acceptors (Lipinski definition) is 4. The summed E-state index contributed by atoms with van der Waals surface area (Å²) in [5.74, 6) is -0.265. The molecule has 0 bridgehead atoms. The molecule has 0 saturated carbocycles. The molecule has 0 atom stereocenters. The van der Waals surface area contributed by atoms with Crippen molar-refractivity contribution in [1.82, 2.24) is 4.98 Å². The van der Waals surface area contributed by atoms with E-state index in [1.165, 1.54) is 6.20 Å². The van der Waals surface area contributed by atoms with Crippen LogP contribution in [0.15, 0.2) is 36.5 Å². The maximum Gasteiger partial charge on any atom is 0.414 e. The van der Waals surface area contributed by atoms with Crippen molar-refractivity contribution >= 4 is 35.0 Å². The lowest BCUT2D eigenvalue weighted by Gasteiger charge is -2.32. The number of carbonyl (C=O) groups excluding carboxylic acids is 2. The molecule has 2 heterocycles. The summed E-state index contributed by atoms with van der Waals surface area (Å²) in [5.41, 5.74) is 2.36. The molecule has 2 amide bonds. The van der Waals surface area contributed by atoms with Crippen molar-refractivity contribution in [3.63, 3.8) is 0 Å². The highest BCUT2D eigenvalue weighted by Gasteiger charge is 2.27. The molecule has 1 aromatic heterocycles. The van der Waals surface area contributed by atoms with Crippen LogP contribution in [0.3, 0.4) is 0 Å². The van der Waals surface area contributed by atoms with E-state index in [4.69, 9.17) is 16.3 Å². The number of fused-ring (bicyclic) bond motifs is 1. The van der Waals surface area contributed by atoms with Crippen LogP contribution in [0.4, 0.5) is 16.2 Å². The van der Waals surface area contributed by atoms with Gasteiger partial charge in [0.15, 0.2) is 0 Å². The Kier molecular flexibility index (Phi) is 5.37. The van der Waals surface area contributed by atoms with Crippen LogP contribution in [-0.4, -0.2) is 29.1 Å². The Morgan fingerprint density at radius 3 is 2.67 bits per heavy atom. The monoisotopic (exact) mass is 387 g/mol. The van der Waals surface area contributed by atoms with E-state index in [2.05, 4.69) is 10.3 Å². The zero-order valence-electron chi connectivity index (χ0n) is 15.6. The Morgan fingerprint density at radius 1 is 1.22 bits per heavy atom. The lowest BCUT2D eigenvalue weighted by atomic mass is 10.0. The van der Waals surface area contributed by atoms with E-state index in [0.29, 0.717) is 22.9 Å². The van der Waals surface area contributed by atoms with Crippen LogP contribution in [0.5, 0.6) is 0 Å². The molecule has 6 nitrogen and oxygen atoms in total. The minimum Gasteiger partial charge on any atom is -0.443 e. The van der Waals surface area contributed by atoms with Gasteiger partial charge in [0.25, 0.3) is 5.91 Å². The summed E-state index contributed by atoms with van der Waals surface area (Å²) < 4.78 is 5.50. The van der Waals surface area contributed by atoms with Crippen molar-refractivity contribution in [2.45, 2.75) is 39.2 Å². The number of pyridine rings is 1. The van der Waals surface area contributed by atoms with E-state index < -0.39 is 5.60 Å². The summed E-state index contributed by atoms with van der Waals surface area (Å²) >= 11 is 5.75. The van der Waals surface area contributed by atoms with Crippen LogP contribution in [-0.2, 0) is 11.2 Å². The Balaban J connectivity index is 1.77. The van der Waals surface area contributed by atoms with Gasteiger partial charge in [-0.25, -0.2) is 9.78 Å². The molecule has 1 aliphatic rings. The third-order valence-corrected chi connectivity index (χ3v) is 4.28. The van der Waals surface area contributed by atoms with E-state index >= 15 is 0 Å². The van der Waals surface area contributed by atoms with Gasteiger partial charge in [0.2, 0.25) is 0 Å². The van der Waals surface area contributed by atoms with Gasteiger partial charge in [-0.3, -0.25) is 9.69 Å². The molecule has 0 fully saturated rings. The number of amides is 2. The van der Waals surface area contributed by atoms with E-state index in [0.717, 1.165) is 24.1 Å². The van der Waals surface area contributed by atoms with Crippen LogP contribution < -0.4 is 10.2 Å². The number of nitrogens with one attached hydrogen (secondary N) is 1. The van der Waals surface area contributed by atoms with Crippen LogP contribution in [0, 0.1) is 0 Å². The molecule has 1 N–H and O–H groups in total. The predicted molar refractivity (Wildman–Crippen MR) is 106 cm³/mol. The molecule has 0 unspecified atom stereocenters. The van der Waals surface area contributed by atoms with Crippen LogP contribution in [0.2, 0.25) is 5.15 Å². The molecular weight excluding hydrogens is 366 g/mol. The Labute approximate surface area is 163 Å². The average Bonchev–Trinajstić information content (AvgIpc) is 2.60. The van der Waals surface area contributed by atoms with Crippen LogP contribution >= 0.6 is 11.6 Å². The second kappa shape index (κ2) is 7.56. The third-order valence-electron chi connectivity index (χ3n) is 4.06. The second-order valence-electron chi connectivity index (χ2n) is 7.40. The summed E-state index contributed by atoms with van der Waals surface area (Å²) in [4.78, 5) is 30.4. The fourth-order valence-electron chi connectivity index (χ4n) is 2.89. The Hall–Kier alpha value is -2.60. The lowest BCUT2D eigenvalue weighted by molar-refractivity contribution is 0.0577. The first kappa shape index (κ1) is 19.2. The molecule has 3 rings (SSSR count). The number of hydrogen-bond donors (Lipinski definition) is 1. The Morgan fingerprint density at radius 2 is 2.00 bits per heavy atom. The first-order chi connectivity index (χ1) is 12.7. The molecule has 27 heavy (non-hydrogen) atoms. The SMILES string of the molecule is CC(C)(C)OC(=O)N1CCCc2cc(NC(=O)c3ccc(Cl)nc3)ccc21. The largest absolute Gasteiger partial charge is 0.443 e. The van der Waals surface area contributed by atoms with E-state index in [1.54, 1.807) is 23.1 Å². The number of carbonyl (C=O) groups is 2. The number of aryl methyl sites for hydroxylation is 1. The smallest absolute Gasteiger partial charge is 0.414 e. The molecule has 0 spiro atoms. The fraction of sp³-hybridized carbons (Fsp3) is 0.350. The summed E-state index contributed by atoms with van der Waals surface area (Å²) in [6.45, 7) is 6.16. The predicted octanol–water partition coefficient (Wildman–Crippen LogP) is 4.68. The molecule has 142 valence electrons. The quantitative estimate of drug-likeness (QED) is 0.760. The maximum absolute atomic E-state index is 12.5. The van der Waals surface area contributed by atoms with Crippen molar-refractivity contribution < 1.29 is 14.3 Å². The maximum atomic E-state index is 12.5. The van der Waals surface area contributed by atoms with E-state index in [1.807, 2.05) is 32.9 Å². The van der Waals surface area contributed by atoms with Crippen molar-refractivity contribution in [3.8, 4) is 0 Å². The summed E-state index contributed by atoms with van der Waals surface area (Å²) in [7, 11) is 0. The number of ether oxygens (including phenoxy) is 1. The summed E-state index contributed by atoms with van der Waals surface area (Å²) in [6.07, 6.45) is 2.75. The van der Waals surface area contributed by atoms with Gasteiger partial charge in [-0.05, 0) is 69.5 Å². The van der Waals surface area contributed by atoms with E-state index in [9.17, 15) is 9.59 Å². The van der Waals surface area contributed by atoms with Gasteiger partial charge in [0.1, 0.15) is 10.8 Å². The topological polar surface area (TPSA) is 71.5 Å². The number of rotatable bonds is 2. The van der Waals surface area contributed by atoms with Gasteiger partial charge in [0.05, 0.1) is 11.3 Å². The molecule has 0 saturated heterocycles. The number of benzene rings is 1. The standard InChI is InChI=1S/C20H22ClN3O3/c1-20(2,3)27-19(26)24-10-4-5-13-11-15(7-8-16(13)24)23-18(25)14-6-9-17(21)22-12-14/h6-9,11-12H,4-5,10H2,1-3H3,(H,23,25). The van der Waals surface area contributed by atoms with Gasteiger partial charge in [-0.2, -0.15) is 0 Å². The molecular formula is C20H22ClN3O3. The highest BCUT2D eigenvalue weighted by molar-refractivity contribution is 6.29. The fourth-order valence-corrected chi connectivity index (χ4v) is 3.01. The third kappa shape index (κ3) is 4.77. The number of anilines is 2. The minimum atomic E-state index is -0.546. The van der Waals surface area contributed by atoms with Crippen LogP contribution in [0.25, 0.3) is 0 Å². The van der Waals surface area contributed by atoms with Crippen molar-refractivity contribution in [1.29, 1.82) is 0 Å². The summed E-state index contributed by atoms with van der Waals surface area (Å²) in [6, 6.07) is 8.71. The van der Waals surface area contributed by atoms with Crippen molar-refractivity contribution in [2.75, 3.05) is 16.8 Å². The highest BCUT2D eigenvalue weighted by Crippen LogP contribution is 2.31. The van der Waals surface area contributed by atoms with Gasteiger partial charge < -0.3 is 10.1 Å². The van der Waals surface area contributed by atoms with Crippen LogP contribution in [0.1, 0.15) is 43.1 Å². The lowest BCUT2D eigenvalue weighted by Crippen LogP contribution is -2.39. The number of halogens is 1. The van der Waals surface area contributed by atoms with Gasteiger partial charge in [-0.15, -0.1) is 0 Å².